The van der Waals surface area contributed by atoms with E-state index >= 15 is 0 Å². The summed E-state index contributed by atoms with van der Waals surface area (Å²) in [5.74, 6) is -1.05. The number of primary amides is 1. The number of hydrogen-bond donors (Lipinski definition) is 2. The fourth-order valence-corrected chi connectivity index (χ4v) is 4.31. The summed E-state index contributed by atoms with van der Waals surface area (Å²) in [5.41, 5.74) is 5.38. The van der Waals surface area contributed by atoms with Gasteiger partial charge in [-0.25, -0.2) is 9.67 Å². The first-order chi connectivity index (χ1) is 11.1. The molecule has 2 saturated carbocycles. The Morgan fingerprint density at radius 2 is 2.09 bits per heavy atom. The molecular formula is C15H22N4O4. The van der Waals surface area contributed by atoms with Crippen LogP contribution in [0.5, 0.6) is 0 Å². The topological polar surface area (TPSA) is 112 Å². The van der Waals surface area contributed by atoms with Crippen molar-refractivity contribution in [2.45, 2.75) is 62.6 Å². The van der Waals surface area contributed by atoms with Crippen LogP contribution in [0.3, 0.4) is 0 Å². The zero-order chi connectivity index (χ0) is 16.0. The third kappa shape index (κ3) is 2.36. The Balaban J connectivity index is 1.64. The van der Waals surface area contributed by atoms with Crippen molar-refractivity contribution in [2.24, 2.45) is 11.7 Å². The SMILES string of the molecule is NC(=O)c1ncnn1[C@@H]1C[C@H](CO)[C@H]2OC3(CCCCC3)O[C@H]21. The van der Waals surface area contributed by atoms with Gasteiger partial charge in [0.15, 0.2) is 5.79 Å². The van der Waals surface area contributed by atoms with Gasteiger partial charge in [0, 0.05) is 25.4 Å². The van der Waals surface area contributed by atoms with Gasteiger partial charge in [-0.15, -0.1) is 0 Å². The summed E-state index contributed by atoms with van der Waals surface area (Å²) in [6.45, 7) is 0.0255. The second-order valence-electron chi connectivity index (χ2n) is 6.77. The molecule has 2 heterocycles. The van der Waals surface area contributed by atoms with E-state index in [1.165, 1.54) is 12.7 Å². The van der Waals surface area contributed by atoms with E-state index in [-0.39, 0.29) is 36.6 Å². The van der Waals surface area contributed by atoms with Crippen molar-refractivity contribution in [1.29, 1.82) is 0 Å². The number of hydrogen-bond acceptors (Lipinski definition) is 6. The largest absolute Gasteiger partial charge is 0.396 e. The molecule has 23 heavy (non-hydrogen) atoms. The summed E-state index contributed by atoms with van der Waals surface area (Å²) < 4.78 is 14.2. The predicted octanol–water partition coefficient (Wildman–Crippen LogP) is 0.375. The molecule has 0 bridgehead atoms. The molecule has 2 aliphatic carbocycles. The lowest BCUT2D eigenvalue weighted by molar-refractivity contribution is -0.206. The van der Waals surface area contributed by atoms with E-state index in [4.69, 9.17) is 15.2 Å². The van der Waals surface area contributed by atoms with Crippen LogP contribution in [0.25, 0.3) is 0 Å². The van der Waals surface area contributed by atoms with Crippen LogP contribution in [0.4, 0.5) is 0 Å². The van der Waals surface area contributed by atoms with Gasteiger partial charge < -0.3 is 20.3 Å². The minimum Gasteiger partial charge on any atom is -0.396 e. The number of carbonyl (C=O) groups excluding carboxylic acids is 1. The van der Waals surface area contributed by atoms with E-state index in [0.717, 1.165) is 25.7 Å². The minimum atomic E-state index is -0.613. The molecule has 1 saturated heterocycles. The van der Waals surface area contributed by atoms with Gasteiger partial charge in [-0.05, 0) is 19.3 Å². The third-order valence-corrected chi connectivity index (χ3v) is 5.37. The molecule has 0 aromatic carbocycles. The van der Waals surface area contributed by atoms with Gasteiger partial charge in [0.2, 0.25) is 5.82 Å². The Morgan fingerprint density at radius 1 is 1.35 bits per heavy atom. The van der Waals surface area contributed by atoms with E-state index in [1.54, 1.807) is 4.68 Å². The minimum absolute atomic E-state index is 0.0255. The van der Waals surface area contributed by atoms with E-state index in [9.17, 15) is 9.90 Å². The maximum absolute atomic E-state index is 11.6. The maximum atomic E-state index is 11.6. The van der Waals surface area contributed by atoms with E-state index < -0.39 is 11.7 Å². The molecule has 4 rings (SSSR count). The molecule has 1 aliphatic heterocycles. The van der Waals surface area contributed by atoms with Crippen molar-refractivity contribution in [2.75, 3.05) is 6.61 Å². The number of carbonyl (C=O) groups is 1. The quantitative estimate of drug-likeness (QED) is 0.831. The standard InChI is InChI=1S/C15H22N4O4/c16-13(21)14-17-8-18-19(14)10-6-9(7-20)11-12(10)23-15(22-11)4-2-1-3-5-15/h8-12,20H,1-7H2,(H2,16,21)/t9-,10-,11-,12+/m1/s1. The monoisotopic (exact) mass is 322 g/mol. The number of nitrogens with two attached hydrogens (primary N) is 1. The van der Waals surface area contributed by atoms with Gasteiger partial charge in [-0.2, -0.15) is 5.10 Å². The highest BCUT2D eigenvalue weighted by atomic mass is 16.8. The Kier molecular flexibility index (Phi) is 3.62. The summed E-state index contributed by atoms with van der Waals surface area (Å²) >= 11 is 0. The first-order valence-electron chi connectivity index (χ1n) is 8.29. The number of aromatic nitrogens is 3. The Bertz CT molecular complexity index is 598. The van der Waals surface area contributed by atoms with Crippen LogP contribution in [-0.4, -0.2) is 50.4 Å². The lowest BCUT2D eigenvalue weighted by Crippen LogP contribution is -2.36. The average Bonchev–Trinajstić information content (AvgIpc) is 3.21. The number of ether oxygens (including phenoxy) is 2. The molecule has 3 N–H and O–H groups in total. The molecule has 0 unspecified atom stereocenters. The summed E-state index contributed by atoms with van der Waals surface area (Å²) in [5, 5.41) is 13.9. The Labute approximate surface area is 134 Å². The predicted molar refractivity (Wildman–Crippen MR) is 78.3 cm³/mol. The molecule has 3 fully saturated rings. The smallest absolute Gasteiger partial charge is 0.286 e. The van der Waals surface area contributed by atoms with Crippen LogP contribution in [-0.2, 0) is 9.47 Å². The van der Waals surface area contributed by atoms with Crippen molar-refractivity contribution in [3.8, 4) is 0 Å². The Morgan fingerprint density at radius 3 is 2.78 bits per heavy atom. The lowest BCUT2D eigenvalue weighted by Gasteiger charge is -2.34. The normalized spacial score (nSPS) is 35.5. The van der Waals surface area contributed by atoms with Crippen LogP contribution in [0, 0.1) is 5.92 Å². The number of aliphatic hydroxyl groups excluding tert-OH is 1. The zero-order valence-electron chi connectivity index (χ0n) is 12.9. The number of rotatable bonds is 3. The summed E-state index contributed by atoms with van der Waals surface area (Å²) in [6.07, 6.45) is 6.69. The van der Waals surface area contributed by atoms with Gasteiger partial charge >= 0.3 is 0 Å². The molecule has 1 aromatic heterocycles. The summed E-state index contributed by atoms with van der Waals surface area (Å²) in [4.78, 5) is 15.5. The highest BCUT2D eigenvalue weighted by Gasteiger charge is 2.58. The fourth-order valence-electron chi connectivity index (χ4n) is 4.31. The van der Waals surface area contributed by atoms with Crippen molar-refractivity contribution < 1.29 is 19.4 Å². The zero-order valence-corrected chi connectivity index (χ0v) is 12.9. The fraction of sp³-hybridized carbons (Fsp3) is 0.800. The molecule has 8 heteroatoms. The van der Waals surface area contributed by atoms with Gasteiger partial charge in [0.05, 0.1) is 12.1 Å². The maximum Gasteiger partial charge on any atom is 0.286 e. The molecule has 126 valence electrons. The molecule has 8 nitrogen and oxygen atoms in total. The number of fused-ring (bicyclic) bond motifs is 1. The molecular weight excluding hydrogens is 300 g/mol. The highest BCUT2D eigenvalue weighted by Crippen LogP contribution is 2.50. The Hall–Kier alpha value is -1.51. The number of amides is 1. The molecule has 0 radical (unpaired) electrons. The van der Waals surface area contributed by atoms with Gasteiger partial charge in [0.1, 0.15) is 12.4 Å². The van der Waals surface area contributed by atoms with E-state index in [1.807, 2.05) is 0 Å². The van der Waals surface area contributed by atoms with E-state index in [0.29, 0.717) is 6.42 Å². The first kappa shape index (κ1) is 15.0. The first-order valence-corrected chi connectivity index (χ1v) is 8.29. The highest BCUT2D eigenvalue weighted by molar-refractivity contribution is 5.88. The summed E-state index contributed by atoms with van der Waals surface area (Å²) in [6, 6.07) is -0.191. The van der Waals surface area contributed by atoms with Crippen LogP contribution >= 0.6 is 0 Å². The molecule has 1 spiro atoms. The lowest BCUT2D eigenvalue weighted by atomic mass is 9.94. The molecule has 3 aliphatic rings. The molecule has 1 amide bonds. The van der Waals surface area contributed by atoms with Gasteiger partial charge in [-0.3, -0.25) is 4.79 Å². The van der Waals surface area contributed by atoms with Crippen molar-refractivity contribution in [1.82, 2.24) is 14.8 Å². The van der Waals surface area contributed by atoms with Gasteiger partial charge in [0.25, 0.3) is 5.91 Å². The average molecular weight is 322 g/mol. The van der Waals surface area contributed by atoms with Crippen LogP contribution in [0.2, 0.25) is 0 Å². The van der Waals surface area contributed by atoms with Crippen molar-refractivity contribution >= 4 is 5.91 Å². The van der Waals surface area contributed by atoms with Crippen LogP contribution < -0.4 is 5.73 Å². The molecule has 1 aromatic rings. The van der Waals surface area contributed by atoms with E-state index in [2.05, 4.69) is 10.1 Å². The number of nitrogens with zero attached hydrogens (tertiary/aromatic N) is 3. The van der Waals surface area contributed by atoms with Crippen LogP contribution in [0.15, 0.2) is 6.33 Å². The second kappa shape index (κ2) is 5.54. The summed E-state index contributed by atoms with van der Waals surface area (Å²) in [7, 11) is 0. The second-order valence-corrected chi connectivity index (χ2v) is 6.77. The van der Waals surface area contributed by atoms with Crippen molar-refractivity contribution in [3.63, 3.8) is 0 Å². The third-order valence-electron chi connectivity index (χ3n) is 5.37. The molecule has 4 atom stereocenters. The number of aliphatic hydroxyl groups is 1. The van der Waals surface area contributed by atoms with Gasteiger partial charge in [-0.1, -0.05) is 6.42 Å². The van der Waals surface area contributed by atoms with Crippen LogP contribution in [0.1, 0.15) is 55.2 Å². The van der Waals surface area contributed by atoms with Crippen molar-refractivity contribution in [3.05, 3.63) is 12.2 Å².